The summed E-state index contributed by atoms with van der Waals surface area (Å²) < 4.78 is 6.58. The number of aromatic nitrogens is 2. The Morgan fingerprint density at radius 3 is 2.82 bits per heavy atom. The molecule has 4 atom stereocenters. The average molecular weight is 453 g/mol. The number of phenols is 1. The number of piperidine rings is 1. The molecule has 3 aliphatic heterocycles. The summed E-state index contributed by atoms with van der Waals surface area (Å²) in [6, 6.07) is 5.78. The van der Waals surface area contributed by atoms with E-state index in [-0.39, 0.29) is 17.9 Å². The van der Waals surface area contributed by atoms with Crippen LogP contribution in [0.4, 0.5) is 0 Å². The molecule has 7 nitrogen and oxygen atoms in total. The highest BCUT2D eigenvalue weighted by Crippen LogP contribution is 2.60. The number of H-pyrrole nitrogens is 1. The highest BCUT2D eigenvalue weighted by atomic mass is 16.5. The van der Waals surface area contributed by atoms with Crippen molar-refractivity contribution in [3.63, 3.8) is 0 Å². The van der Waals surface area contributed by atoms with Crippen molar-refractivity contribution in [1.29, 1.82) is 0 Å². The van der Waals surface area contributed by atoms with E-state index in [1.165, 1.54) is 12.8 Å². The van der Waals surface area contributed by atoms with Crippen molar-refractivity contribution in [3.8, 4) is 11.5 Å². The summed E-state index contributed by atoms with van der Waals surface area (Å²) in [5, 5.41) is 30.6. The summed E-state index contributed by atoms with van der Waals surface area (Å²) in [7, 11) is 0. The van der Waals surface area contributed by atoms with Gasteiger partial charge in [0, 0.05) is 56.1 Å². The van der Waals surface area contributed by atoms with Crippen LogP contribution in [-0.4, -0.2) is 80.7 Å². The highest BCUT2D eigenvalue weighted by molar-refractivity contribution is 5.59. The smallest absolute Gasteiger partial charge is 0.165 e. The number of aryl methyl sites for hydroxylation is 1. The Hall–Kier alpha value is -2.09. The van der Waals surface area contributed by atoms with Gasteiger partial charge < -0.3 is 14.9 Å². The molecule has 1 aromatic heterocycles. The molecular formula is C26H36N4O3. The first-order valence-corrected chi connectivity index (χ1v) is 12.6. The first kappa shape index (κ1) is 21.4. The Labute approximate surface area is 195 Å². The average Bonchev–Trinajstić information content (AvgIpc) is 3.37. The minimum absolute atomic E-state index is 0.0400. The van der Waals surface area contributed by atoms with Crippen LogP contribution in [0.1, 0.15) is 49.4 Å². The van der Waals surface area contributed by atoms with E-state index in [9.17, 15) is 10.2 Å². The number of likely N-dealkylation sites (tertiary alicyclic amines) is 2. The zero-order valence-corrected chi connectivity index (χ0v) is 19.8. The van der Waals surface area contributed by atoms with Gasteiger partial charge in [0.15, 0.2) is 11.5 Å². The molecule has 0 bridgehead atoms. The molecule has 2 aromatic rings. The van der Waals surface area contributed by atoms with E-state index in [4.69, 9.17) is 4.74 Å². The lowest BCUT2D eigenvalue weighted by Gasteiger charge is -2.57. The predicted octanol–water partition coefficient (Wildman–Crippen LogP) is 2.61. The Kier molecular flexibility index (Phi) is 5.02. The number of aliphatic hydroxyl groups is 1. The molecule has 1 saturated carbocycles. The molecule has 3 fully saturated rings. The Bertz CT molecular complexity index is 1020. The molecule has 6 rings (SSSR count). The molecule has 3 unspecified atom stereocenters. The summed E-state index contributed by atoms with van der Waals surface area (Å²) in [4.78, 5) is 4.95. The number of nitrogens with one attached hydrogen (secondary N) is 1. The first-order chi connectivity index (χ1) is 15.9. The molecule has 0 amide bonds. The summed E-state index contributed by atoms with van der Waals surface area (Å²) in [5.41, 5.74) is 1.85. The fourth-order valence-corrected chi connectivity index (χ4v) is 7.00. The third kappa shape index (κ3) is 3.23. The molecule has 4 aliphatic rings. The minimum atomic E-state index is -0.919. The fraction of sp³-hybridized carbons (Fsp3) is 0.654. The normalized spacial score (nSPS) is 34.3. The number of nitrogens with zero attached hydrogens (tertiary/aromatic N) is 3. The lowest BCUT2D eigenvalue weighted by Crippen LogP contribution is -2.70. The number of fused-ring (bicyclic) bond motifs is 1. The molecule has 3 N–H and O–H groups in total. The standard InChI is InChI=1S/C26H36N4O3/c1-17-3-6-21(31)24-23(17)25-9-14-30(15-19-4-5-19)18(2)26(25,32)10-13-29(16-22(25)33-24)12-8-20-7-11-27-28-20/h3,6-7,11,18-19,22,31-32H,4-5,8-10,12-16H2,1-2H3,(H,27,28)/t18?,22-,25?,26?/m0/s1. The monoisotopic (exact) mass is 452 g/mol. The zero-order chi connectivity index (χ0) is 22.8. The van der Waals surface area contributed by atoms with Gasteiger partial charge in [-0.1, -0.05) is 6.07 Å². The van der Waals surface area contributed by atoms with E-state index in [0.717, 1.165) is 68.3 Å². The summed E-state index contributed by atoms with van der Waals surface area (Å²) >= 11 is 0. The molecule has 1 spiro atoms. The Balaban J connectivity index is 1.39. The van der Waals surface area contributed by atoms with E-state index < -0.39 is 11.0 Å². The van der Waals surface area contributed by atoms with Crippen LogP contribution in [0.2, 0.25) is 0 Å². The number of phenolic OH excluding ortho intramolecular Hbond substituents is 1. The van der Waals surface area contributed by atoms with Gasteiger partial charge in [-0.3, -0.25) is 14.9 Å². The molecular weight excluding hydrogens is 416 g/mol. The molecule has 33 heavy (non-hydrogen) atoms. The van der Waals surface area contributed by atoms with Gasteiger partial charge in [0.1, 0.15) is 6.10 Å². The second-order valence-electron chi connectivity index (χ2n) is 10.9. The van der Waals surface area contributed by atoms with Crippen molar-refractivity contribution < 1.29 is 14.9 Å². The maximum absolute atomic E-state index is 12.7. The van der Waals surface area contributed by atoms with E-state index in [1.54, 1.807) is 12.3 Å². The van der Waals surface area contributed by atoms with Crippen LogP contribution in [0.3, 0.4) is 0 Å². The van der Waals surface area contributed by atoms with Crippen LogP contribution in [0.15, 0.2) is 24.4 Å². The van der Waals surface area contributed by atoms with Crippen LogP contribution in [0, 0.1) is 12.8 Å². The molecule has 1 aromatic carbocycles. The molecule has 178 valence electrons. The van der Waals surface area contributed by atoms with Gasteiger partial charge in [-0.15, -0.1) is 0 Å². The van der Waals surface area contributed by atoms with E-state index >= 15 is 0 Å². The van der Waals surface area contributed by atoms with Gasteiger partial charge >= 0.3 is 0 Å². The van der Waals surface area contributed by atoms with Crippen molar-refractivity contribution in [2.45, 2.75) is 69.1 Å². The lowest BCUT2D eigenvalue weighted by molar-refractivity contribution is -0.151. The van der Waals surface area contributed by atoms with E-state index in [1.807, 2.05) is 12.1 Å². The number of rotatable bonds is 5. The van der Waals surface area contributed by atoms with Crippen LogP contribution >= 0.6 is 0 Å². The number of aromatic amines is 1. The number of hydrogen-bond acceptors (Lipinski definition) is 6. The third-order valence-corrected chi connectivity index (χ3v) is 9.08. The number of ether oxygens (including phenoxy) is 1. The number of benzene rings is 1. The predicted molar refractivity (Wildman–Crippen MR) is 126 cm³/mol. The van der Waals surface area contributed by atoms with Crippen LogP contribution in [0.25, 0.3) is 0 Å². The van der Waals surface area contributed by atoms with E-state index in [0.29, 0.717) is 12.2 Å². The second kappa shape index (κ2) is 7.72. The van der Waals surface area contributed by atoms with Crippen molar-refractivity contribution in [2.75, 3.05) is 32.7 Å². The van der Waals surface area contributed by atoms with Gasteiger partial charge in [0.25, 0.3) is 0 Å². The zero-order valence-electron chi connectivity index (χ0n) is 19.8. The van der Waals surface area contributed by atoms with Crippen LogP contribution in [-0.2, 0) is 11.8 Å². The maximum atomic E-state index is 12.7. The largest absolute Gasteiger partial charge is 0.504 e. The van der Waals surface area contributed by atoms with Crippen LogP contribution < -0.4 is 4.74 Å². The quantitative estimate of drug-likeness (QED) is 0.647. The topological polar surface area (TPSA) is 84.9 Å². The summed E-state index contributed by atoms with van der Waals surface area (Å²) in [5.74, 6) is 1.57. The SMILES string of the molecule is Cc1ccc(O)c2c1C13CCN(CC4CC4)C(C)C1(O)CCN(CCc1ccn[nH]1)C[C@@H]3O2. The molecule has 2 saturated heterocycles. The summed E-state index contributed by atoms with van der Waals surface area (Å²) in [6.45, 7) is 8.83. The lowest BCUT2D eigenvalue weighted by atomic mass is 9.56. The Morgan fingerprint density at radius 1 is 1.21 bits per heavy atom. The first-order valence-electron chi connectivity index (χ1n) is 12.6. The third-order valence-electron chi connectivity index (χ3n) is 9.08. The number of hydrogen-bond donors (Lipinski definition) is 3. The van der Waals surface area contributed by atoms with Gasteiger partial charge in [0.2, 0.25) is 0 Å². The molecule has 7 heteroatoms. The molecule has 4 heterocycles. The Morgan fingerprint density at radius 2 is 2.06 bits per heavy atom. The summed E-state index contributed by atoms with van der Waals surface area (Å²) in [6.07, 6.45) is 6.69. The van der Waals surface area contributed by atoms with Gasteiger partial charge in [-0.25, -0.2) is 0 Å². The van der Waals surface area contributed by atoms with Gasteiger partial charge in [0.05, 0.1) is 11.0 Å². The van der Waals surface area contributed by atoms with E-state index in [2.05, 4.69) is 33.8 Å². The molecule has 0 radical (unpaired) electrons. The highest BCUT2D eigenvalue weighted by Gasteiger charge is 2.67. The van der Waals surface area contributed by atoms with Crippen LogP contribution in [0.5, 0.6) is 11.5 Å². The molecule has 1 aliphatic carbocycles. The minimum Gasteiger partial charge on any atom is -0.504 e. The van der Waals surface area contributed by atoms with Gasteiger partial charge in [-0.05, 0) is 69.7 Å². The van der Waals surface area contributed by atoms with Crippen molar-refractivity contribution in [3.05, 3.63) is 41.2 Å². The van der Waals surface area contributed by atoms with Crippen molar-refractivity contribution in [1.82, 2.24) is 20.0 Å². The van der Waals surface area contributed by atoms with Crippen molar-refractivity contribution >= 4 is 0 Å². The van der Waals surface area contributed by atoms with Gasteiger partial charge in [-0.2, -0.15) is 5.10 Å². The second-order valence-corrected chi connectivity index (χ2v) is 10.9. The number of aromatic hydroxyl groups is 1. The fourth-order valence-electron chi connectivity index (χ4n) is 7.00. The maximum Gasteiger partial charge on any atom is 0.165 e. The van der Waals surface area contributed by atoms with Crippen molar-refractivity contribution in [2.24, 2.45) is 5.92 Å².